The molecule has 0 spiro atoms. The predicted molar refractivity (Wildman–Crippen MR) is 25.6 cm³/mol. The van der Waals surface area contributed by atoms with Crippen LogP contribution in [0.4, 0.5) is 8.78 Å². The van der Waals surface area contributed by atoms with Crippen LogP contribution in [0.3, 0.4) is 0 Å². The Hall–Kier alpha value is -1.06. The molecule has 0 N–H and O–H groups in total. The molecule has 1 rings (SSSR count). The Kier molecular flexibility index (Phi) is 1.67. The maximum absolute atomic E-state index is 12.2. The van der Waals surface area contributed by atoms with E-state index in [4.69, 9.17) is 0 Å². The van der Waals surface area contributed by atoms with Gasteiger partial charge in [0.05, 0.1) is 0 Å². The molecule has 0 aliphatic carbocycles. The summed E-state index contributed by atoms with van der Waals surface area (Å²) in [5.41, 5.74) is -0.245. The summed E-state index contributed by atoms with van der Waals surface area (Å²) >= 11 is 0. The van der Waals surface area contributed by atoms with Gasteiger partial charge in [-0.1, -0.05) is 0 Å². The first-order chi connectivity index (χ1) is 4.34. The Labute approximate surface area is 50.6 Å². The molecule has 0 unspecified atom stereocenters. The zero-order chi connectivity index (χ0) is 6.69. The van der Waals surface area contributed by atoms with Gasteiger partial charge in [0.2, 0.25) is 0 Å². The summed E-state index contributed by atoms with van der Waals surface area (Å²) in [5.74, 6) is -0.819. The molecule has 0 aliphatic rings. The molecule has 0 saturated heterocycles. The third-order valence-electron chi connectivity index (χ3n) is 0.814. The van der Waals surface area contributed by atoms with Crippen LogP contribution in [0.25, 0.3) is 0 Å². The van der Waals surface area contributed by atoms with Gasteiger partial charge in [-0.3, -0.25) is 0 Å². The minimum absolute atomic E-state index is 0.245. The number of aromatic nitrogens is 2. The van der Waals surface area contributed by atoms with Crippen molar-refractivity contribution < 1.29 is 8.78 Å². The second-order valence-electron chi connectivity index (χ2n) is 1.38. The highest BCUT2D eigenvalue weighted by Gasteiger charge is 2.00. The number of rotatable bonds is 1. The molecule has 1 aromatic heterocycles. The lowest BCUT2D eigenvalue weighted by molar-refractivity contribution is 0.449. The van der Waals surface area contributed by atoms with Crippen LogP contribution in [0.5, 0.6) is 0 Å². The van der Waals surface area contributed by atoms with Crippen LogP contribution in [0.2, 0.25) is 0 Å². The highest BCUT2D eigenvalue weighted by Crippen LogP contribution is 1.99. The van der Waals surface area contributed by atoms with E-state index < -0.39 is 12.5 Å². The summed E-state index contributed by atoms with van der Waals surface area (Å²) in [6.07, 6.45) is 2.99. The Morgan fingerprint density at radius 2 is 2.44 bits per heavy atom. The fourth-order valence-electron chi connectivity index (χ4n) is 0.398. The zero-order valence-corrected chi connectivity index (χ0v) is 4.43. The molecule has 0 atom stereocenters. The van der Waals surface area contributed by atoms with Crippen molar-refractivity contribution in [3.8, 4) is 0 Å². The fraction of sp³-hybridized carbons (Fsp3) is 0.200. The van der Waals surface area contributed by atoms with Gasteiger partial charge in [-0.2, -0.15) is 0 Å². The van der Waals surface area contributed by atoms with Gasteiger partial charge in [-0.15, -0.1) is 0 Å². The predicted octanol–water partition coefficient (Wildman–Crippen LogP) is 0.885. The van der Waals surface area contributed by atoms with E-state index >= 15 is 0 Å². The summed E-state index contributed by atoms with van der Waals surface area (Å²) < 4.78 is 23.8. The molecule has 0 saturated carbocycles. The molecule has 0 fully saturated rings. The van der Waals surface area contributed by atoms with E-state index in [0.29, 0.717) is 0 Å². The molecule has 1 radical (unpaired) electrons. The van der Waals surface area contributed by atoms with E-state index in [1.165, 1.54) is 0 Å². The highest BCUT2D eigenvalue weighted by molar-refractivity contribution is 4.98. The molecule has 47 valence electrons. The molecule has 1 aromatic rings. The SMILES string of the molecule is FCc1ncn[c]c1F. The Morgan fingerprint density at radius 1 is 1.67 bits per heavy atom. The van der Waals surface area contributed by atoms with Crippen molar-refractivity contribution >= 4 is 0 Å². The minimum atomic E-state index is -0.912. The second-order valence-corrected chi connectivity index (χ2v) is 1.38. The Balaban J connectivity index is 3.01. The number of hydrogen-bond acceptors (Lipinski definition) is 2. The molecular formula is C5H3F2N2. The summed E-state index contributed by atoms with van der Waals surface area (Å²) in [6.45, 7) is -0.912. The molecule has 0 aromatic carbocycles. The summed E-state index contributed by atoms with van der Waals surface area (Å²) in [5, 5.41) is 0. The molecule has 9 heavy (non-hydrogen) atoms. The maximum atomic E-state index is 12.2. The van der Waals surface area contributed by atoms with Gasteiger partial charge in [0.1, 0.15) is 24.9 Å². The van der Waals surface area contributed by atoms with Crippen molar-refractivity contribution in [2.75, 3.05) is 0 Å². The Morgan fingerprint density at radius 3 is 2.89 bits per heavy atom. The van der Waals surface area contributed by atoms with Crippen LogP contribution in [-0.2, 0) is 6.67 Å². The van der Waals surface area contributed by atoms with Gasteiger partial charge < -0.3 is 0 Å². The summed E-state index contributed by atoms with van der Waals surface area (Å²) in [6, 6.07) is 0. The second kappa shape index (κ2) is 2.48. The number of halogens is 2. The van der Waals surface area contributed by atoms with Crippen molar-refractivity contribution in [3.63, 3.8) is 0 Å². The van der Waals surface area contributed by atoms with E-state index in [9.17, 15) is 8.78 Å². The van der Waals surface area contributed by atoms with Crippen LogP contribution < -0.4 is 0 Å². The first-order valence-corrected chi connectivity index (χ1v) is 2.27. The number of hydrogen-bond donors (Lipinski definition) is 0. The molecule has 0 bridgehead atoms. The van der Waals surface area contributed by atoms with Gasteiger partial charge in [-0.05, 0) is 0 Å². The van der Waals surface area contributed by atoms with Gasteiger partial charge in [-0.25, -0.2) is 18.7 Å². The lowest BCUT2D eigenvalue weighted by atomic mass is 10.4. The molecular weight excluding hydrogens is 126 g/mol. The average Bonchev–Trinajstić information content (AvgIpc) is 1.89. The Bertz CT molecular complexity index is 202. The molecule has 4 heteroatoms. The largest absolute Gasteiger partial charge is 0.244 e. The molecule has 0 aliphatic heterocycles. The lowest BCUT2D eigenvalue weighted by Crippen LogP contribution is -1.92. The summed E-state index contributed by atoms with van der Waals surface area (Å²) in [4.78, 5) is 6.52. The van der Waals surface area contributed by atoms with Crippen molar-refractivity contribution in [2.45, 2.75) is 6.67 Å². The average molecular weight is 129 g/mol. The minimum Gasteiger partial charge on any atom is -0.244 e. The third-order valence-corrected chi connectivity index (χ3v) is 0.814. The quantitative estimate of drug-likeness (QED) is 0.562. The normalized spacial score (nSPS) is 9.56. The van der Waals surface area contributed by atoms with Gasteiger partial charge in [0.15, 0.2) is 5.82 Å². The van der Waals surface area contributed by atoms with Crippen LogP contribution in [-0.4, -0.2) is 9.97 Å². The van der Waals surface area contributed by atoms with E-state index in [-0.39, 0.29) is 5.69 Å². The van der Waals surface area contributed by atoms with Gasteiger partial charge >= 0.3 is 0 Å². The van der Waals surface area contributed by atoms with Crippen LogP contribution in [0.15, 0.2) is 6.33 Å². The zero-order valence-electron chi connectivity index (χ0n) is 4.43. The lowest BCUT2D eigenvalue weighted by Gasteiger charge is -1.90. The standard InChI is InChI=1S/C5H3F2N2/c6-1-5-4(7)2-8-3-9-5/h3H,1H2. The molecule has 2 nitrogen and oxygen atoms in total. The monoisotopic (exact) mass is 129 g/mol. The van der Waals surface area contributed by atoms with Crippen LogP contribution in [0.1, 0.15) is 5.69 Å². The van der Waals surface area contributed by atoms with E-state index in [1.807, 2.05) is 6.20 Å². The molecule has 0 amide bonds. The third kappa shape index (κ3) is 1.19. The number of alkyl halides is 1. The number of nitrogens with zero attached hydrogens (tertiary/aromatic N) is 2. The van der Waals surface area contributed by atoms with E-state index in [2.05, 4.69) is 9.97 Å². The van der Waals surface area contributed by atoms with Crippen molar-refractivity contribution in [2.24, 2.45) is 0 Å². The van der Waals surface area contributed by atoms with Gasteiger partial charge in [0, 0.05) is 0 Å². The van der Waals surface area contributed by atoms with Crippen LogP contribution in [0, 0.1) is 12.0 Å². The molecule has 1 heterocycles. The fourth-order valence-corrected chi connectivity index (χ4v) is 0.398. The van der Waals surface area contributed by atoms with Gasteiger partial charge in [0.25, 0.3) is 0 Å². The van der Waals surface area contributed by atoms with E-state index in [0.717, 1.165) is 6.33 Å². The first-order valence-electron chi connectivity index (χ1n) is 2.27. The van der Waals surface area contributed by atoms with E-state index in [1.54, 1.807) is 0 Å². The maximum Gasteiger partial charge on any atom is 0.175 e. The summed E-state index contributed by atoms with van der Waals surface area (Å²) in [7, 11) is 0. The smallest absolute Gasteiger partial charge is 0.175 e. The highest BCUT2D eigenvalue weighted by atomic mass is 19.1. The van der Waals surface area contributed by atoms with Crippen molar-refractivity contribution in [1.29, 1.82) is 0 Å². The topological polar surface area (TPSA) is 25.8 Å². The first kappa shape index (κ1) is 6.07. The van der Waals surface area contributed by atoms with Crippen molar-refractivity contribution in [1.82, 2.24) is 9.97 Å². The van der Waals surface area contributed by atoms with Crippen LogP contribution >= 0.6 is 0 Å². The van der Waals surface area contributed by atoms with Crippen molar-refractivity contribution in [3.05, 3.63) is 24.0 Å².